The summed E-state index contributed by atoms with van der Waals surface area (Å²) < 4.78 is 6.70. The van der Waals surface area contributed by atoms with Crippen molar-refractivity contribution in [3.05, 3.63) is 180 Å². The van der Waals surface area contributed by atoms with Gasteiger partial charge in [0.2, 0.25) is 0 Å². The zero-order valence-corrected chi connectivity index (χ0v) is 26.5. The Morgan fingerprint density at radius 1 is 0.490 bits per heavy atom. The molecule has 0 saturated carbocycles. The van der Waals surface area contributed by atoms with Gasteiger partial charge in [-0.2, -0.15) is 0 Å². The van der Waals surface area contributed by atoms with Crippen LogP contribution in [0, 0.1) is 0 Å². The van der Waals surface area contributed by atoms with Gasteiger partial charge in [-0.15, -0.1) is 0 Å². The predicted molar refractivity (Wildman–Crippen MR) is 204 cm³/mol. The molecule has 1 aliphatic rings. The molecule has 1 unspecified atom stereocenters. The van der Waals surface area contributed by atoms with E-state index in [1.165, 1.54) is 32.3 Å². The van der Waals surface area contributed by atoms with Gasteiger partial charge in [0.15, 0.2) is 5.84 Å². The summed E-state index contributed by atoms with van der Waals surface area (Å²) in [5.41, 5.74) is 6.84. The van der Waals surface area contributed by atoms with Crippen molar-refractivity contribution < 1.29 is 4.42 Å². The highest BCUT2D eigenvalue weighted by Gasteiger charge is 2.25. The topological polar surface area (TPSA) is 49.9 Å². The number of nitrogens with zero attached hydrogens (tertiary/aromatic N) is 2. The minimum atomic E-state index is -0.324. The first kappa shape index (κ1) is 27.6. The maximum atomic E-state index is 6.70. The Hall–Kier alpha value is -6.52. The van der Waals surface area contributed by atoms with Gasteiger partial charge in [0.05, 0.1) is 0 Å². The summed E-state index contributed by atoms with van der Waals surface area (Å²) in [5, 5.41) is 13.0. The first-order chi connectivity index (χ1) is 24.3. The van der Waals surface area contributed by atoms with E-state index >= 15 is 0 Å². The summed E-state index contributed by atoms with van der Waals surface area (Å²) in [6.45, 7) is 0. The minimum absolute atomic E-state index is 0.324. The molecule has 1 atom stereocenters. The molecule has 0 aliphatic carbocycles. The van der Waals surface area contributed by atoms with E-state index in [9.17, 15) is 0 Å². The molecule has 9 aromatic rings. The summed E-state index contributed by atoms with van der Waals surface area (Å²) in [6, 6.07) is 57.5. The number of hydrogen-bond acceptors (Lipinski definition) is 4. The third-order valence-electron chi connectivity index (χ3n) is 9.70. The Morgan fingerprint density at radius 2 is 1.18 bits per heavy atom. The quantitative estimate of drug-likeness (QED) is 0.197. The number of rotatable bonds is 4. The smallest absolute Gasteiger partial charge is 0.160 e. The molecule has 0 spiro atoms. The van der Waals surface area contributed by atoms with Crippen LogP contribution in [0.15, 0.2) is 178 Å². The fourth-order valence-electron chi connectivity index (χ4n) is 7.28. The van der Waals surface area contributed by atoms with Gasteiger partial charge < -0.3 is 9.73 Å². The molecule has 1 N–H and O–H groups in total. The zero-order valence-electron chi connectivity index (χ0n) is 26.5. The second-order valence-corrected chi connectivity index (χ2v) is 12.6. The first-order valence-corrected chi connectivity index (χ1v) is 16.6. The largest absolute Gasteiger partial charge is 0.455 e. The van der Waals surface area contributed by atoms with Crippen LogP contribution in [-0.2, 0) is 0 Å². The van der Waals surface area contributed by atoms with Crippen molar-refractivity contribution >= 4 is 65.9 Å². The van der Waals surface area contributed by atoms with Crippen molar-refractivity contribution in [2.75, 3.05) is 0 Å². The fraction of sp³-hybridized carbons (Fsp3) is 0.0222. The predicted octanol–water partition coefficient (Wildman–Crippen LogP) is 11.2. The van der Waals surface area contributed by atoms with Gasteiger partial charge in [0.1, 0.15) is 23.2 Å². The third-order valence-corrected chi connectivity index (χ3v) is 9.70. The van der Waals surface area contributed by atoms with E-state index in [4.69, 9.17) is 14.4 Å². The van der Waals surface area contributed by atoms with Crippen LogP contribution < -0.4 is 5.32 Å². The lowest BCUT2D eigenvalue weighted by Crippen LogP contribution is -2.33. The van der Waals surface area contributed by atoms with Crippen molar-refractivity contribution in [2.24, 2.45) is 9.98 Å². The van der Waals surface area contributed by atoms with E-state index in [-0.39, 0.29) is 6.17 Å². The summed E-state index contributed by atoms with van der Waals surface area (Å²) in [5.74, 6) is 1.46. The average Bonchev–Trinajstić information content (AvgIpc) is 3.57. The molecule has 1 aromatic heterocycles. The standard InChI is InChI=1S/C45H29N3O/c1-2-12-30(13-3-1)43-46-44(34-21-18-28-10-4-5-14-31(28)26-34)48-45(47-43)39-25-24-37(42-41(39)38-16-8-9-17-40(38)49-42)33-22-23-36-32(27-33)20-19-29-11-6-7-15-35(29)36/h1-27,44H,(H,46,47,48). The third kappa shape index (κ3) is 4.61. The summed E-state index contributed by atoms with van der Waals surface area (Å²) in [6.07, 6.45) is -0.324. The molecular formula is C45H29N3O. The van der Waals surface area contributed by atoms with E-state index in [0.29, 0.717) is 5.84 Å². The molecule has 2 heterocycles. The van der Waals surface area contributed by atoms with Crippen LogP contribution in [0.25, 0.3) is 65.4 Å². The van der Waals surface area contributed by atoms with Crippen LogP contribution >= 0.6 is 0 Å². The second-order valence-electron chi connectivity index (χ2n) is 12.6. The number of para-hydroxylation sites is 1. The maximum Gasteiger partial charge on any atom is 0.160 e. The Kier molecular flexibility index (Phi) is 6.21. The summed E-state index contributed by atoms with van der Waals surface area (Å²) in [7, 11) is 0. The SMILES string of the molecule is c1ccc(C2=NC(c3ccc(-c4ccc5c(ccc6ccccc65)c4)c4oc5ccccc5c34)=NC(c3ccc4ccccc4c3)N2)cc1. The van der Waals surface area contributed by atoms with Crippen LogP contribution in [0.2, 0.25) is 0 Å². The normalized spacial score (nSPS) is 14.7. The van der Waals surface area contributed by atoms with Gasteiger partial charge in [0.25, 0.3) is 0 Å². The van der Waals surface area contributed by atoms with E-state index in [1.807, 2.05) is 30.3 Å². The Morgan fingerprint density at radius 3 is 2.08 bits per heavy atom. The van der Waals surface area contributed by atoms with Crippen LogP contribution in [0.4, 0.5) is 0 Å². The van der Waals surface area contributed by atoms with Crippen LogP contribution in [0.1, 0.15) is 22.9 Å². The highest BCUT2D eigenvalue weighted by molar-refractivity contribution is 6.24. The second kappa shape index (κ2) is 11.0. The number of amidine groups is 2. The van der Waals surface area contributed by atoms with E-state index < -0.39 is 0 Å². The van der Waals surface area contributed by atoms with Crippen molar-refractivity contribution in [3.63, 3.8) is 0 Å². The molecule has 4 heteroatoms. The molecule has 230 valence electrons. The number of nitrogens with one attached hydrogen (secondary N) is 1. The number of furan rings is 1. The van der Waals surface area contributed by atoms with Gasteiger partial charge in [-0.3, -0.25) is 0 Å². The first-order valence-electron chi connectivity index (χ1n) is 16.6. The maximum absolute atomic E-state index is 6.70. The zero-order chi connectivity index (χ0) is 32.3. The number of fused-ring (bicyclic) bond motifs is 7. The van der Waals surface area contributed by atoms with E-state index in [0.717, 1.165) is 55.6 Å². The monoisotopic (exact) mass is 627 g/mol. The summed E-state index contributed by atoms with van der Waals surface area (Å²) >= 11 is 0. The molecule has 4 nitrogen and oxygen atoms in total. The highest BCUT2D eigenvalue weighted by Crippen LogP contribution is 2.40. The summed E-state index contributed by atoms with van der Waals surface area (Å²) in [4.78, 5) is 10.5. The lowest BCUT2D eigenvalue weighted by atomic mass is 9.94. The fourth-order valence-corrected chi connectivity index (χ4v) is 7.28. The lowest BCUT2D eigenvalue weighted by Gasteiger charge is -2.24. The molecule has 0 saturated heterocycles. The highest BCUT2D eigenvalue weighted by atomic mass is 16.3. The van der Waals surface area contributed by atoms with Gasteiger partial charge in [-0.05, 0) is 73.8 Å². The van der Waals surface area contributed by atoms with Gasteiger partial charge in [-0.25, -0.2) is 9.98 Å². The number of benzene rings is 8. The Labute approximate surface area is 282 Å². The molecule has 8 aromatic carbocycles. The van der Waals surface area contributed by atoms with Crippen molar-refractivity contribution in [3.8, 4) is 11.1 Å². The van der Waals surface area contributed by atoms with Crippen molar-refractivity contribution in [1.29, 1.82) is 0 Å². The van der Waals surface area contributed by atoms with Crippen LogP contribution in [0.5, 0.6) is 0 Å². The van der Waals surface area contributed by atoms with Crippen LogP contribution in [0.3, 0.4) is 0 Å². The van der Waals surface area contributed by atoms with Crippen molar-refractivity contribution in [2.45, 2.75) is 6.17 Å². The molecule has 0 bridgehead atoms. The average molecular weight is 628 g/mol. The van der Waals surface area contributed by atoms with Gasteiger partial charge >= 0.3 is 0 Å². The molecular weight excluding hydrogens is 599 g/mol. The van der Waals surface area contributed by atoms with Gasteiger partial charge in [0, 0.05) is 27.5 Å². The van der Waals surface area contributed by atoms with Crippen LogP contribution in [-0.4, -0.2) is 11.7 Å². The number of aliphatic imine (C=N–C) groups is 2. The minimum Gasteiger partial charge on any atom is -0.455 e. The molecule has 49 heavy (non-hydrogen) atoms. The molecule has 10 rings (SSSR count). The van der Waals surface area contributed by atoms with Gasteiger partial charge in [-0.1, -0.05) is 133 Å². The Bertz CT molecular complexity index is 2810. The number of hydrogen-bond donors (Lipinski definition) is 1. The van der Waals surface area contributed by atoms with E-state index in [2.05, 4.69) is 139 Å². The molecule has 0 radical (unpaired) electrons. The molecule has 0 amide bonds. The lowest BCUT2D eigenvalue weighted by molar-refractivity contribution is 0.669. The molecule has 0 fully saturated rings. The Balaban J connectivity index is 1.18. The molecule has 1 aliphatic heterocycles. The van der Waals surface area contributed by atoms with Crippen molar-refractivity contribution in [1.82, 2.24) is 5.32 Å². The van der Waals surface area contributed by atoms with E-state index in [1.54, 1.807) is 0 Å².